The Kier molecular flexibility index (Phi) is 4.44. The molecule has 1 aliphatic rings. The van der Waals surface area contributed by atoms with Crippen molar-refractivity contribution in [1.29, 1.82) is 0 Å². The third-order valence-electron chi connectivity index (χ3n) is 3.63. The summed E-state index contributed by atoms with van der Waals surface area (Å²) in [6, 6.07) is 15.7. The Labute approximate surface area is 127 Å². The van der Waals surface area contributed by atoms with Crippen LogP contribution in [0.15, 0.2) is 53.4 Å². The molecule has 0 atom stereocenters. The van der Waals surface area contributed by atoms with Gasteiger partial charge in [-0.2, -0.15) is 8.78 Å². The van der Waals surface area contributed by atoms with Crippen LogP contribution in [0.3, 0.4) is 0 Å². The number of hydrogen-bond donors (Lipinski definition) is 1. The molecular formula is C17H17F2NS. The molecule has 0 unspecified atom stereocenters. The van der Waals surface area contributed by atoms with Crippen molar-refractivity contribution in [2.24, 2.45) is 0 Å². The Morgan fingerprint density at radius 1 is 1.05 bits per heavy atom. The maximum atomic E-state index is 12.3. The van der Waals surface area contributed by atoms with Crippen LogP contribution in [0, 0.1) is 0 Å². The fraction of sp³-hybridized carbons (Fsp3) is 0.294. The maximum absolute atomic E-state index is 12.3. The zero-order valence-electron chi connectivity index (χ0n) is 11.6. The molecule has 0 radical (unpaired) electrons. The van der Waals surface area contributed by atoms with E-state index in [2.05, 4.69) is 29.6 Å². The lowest BCUT2D eigenvalue weighted by atomic mass is 10.0. The second-order valence-electron chi connectivity index (χ2n) is 5.23. The van der Waals surface area contributed by atoms with Crippen LogP contribution in [0.5, 0.6) is 0 Å². The molecule has 0 bridgehead atoms. The fourth-order valence-electron chi connectivity index (χ4n) is 2.44. The first-order valence-corrected chi connectivity index (χ1v) is 7.97. The molecule has 0 aromatic heterocycles. The van der Waals surface area contributed by atoms with Crippen molar-refractivity contribution in [2.75, 3.05) is 5.32 Å². The van der Waals surface area contributed by atoms with Crippen LogP contribution < -0.4 is 5.32 Å². The lowest BCUT2D eigenvalue weighted by Gasteiger charge is -2.11. The lowest BCUT2D eigenvalue weighted by molar-refractivity contribution is 0.252. The highest BCUT2D eigenvalue weighted by molar-refractivity contribution is 7.99. The van der Waals surface area contributed by atoms with Gasteiger partial charge in [-0.25, -0.2) is 0 Å². The van der Waals surface area contributed by atoms with Crippen molar-refractivity contribution in [1.82, 2.24) is 0 Å². The van der Waals surface area contributed by atoms with Crippen LogP contribution in [0.4, 0.5) is 14.5 Å². The average Bonchev–Trinajstić information content (AvgIpc) is 3.31. The van der Waals surface area contributed by atoms with Crippen LogP contribution >= 0.6 is 11.8 Å². The summed E-state index contributed by atoms with van der Waals surface area (Å²) in [6.45, 7) is 0.772. The molecule has 0 amide bonds. The monoisotopic (exact) mass is 305 g/mol. The van der Waals surface area contributed by atoms with Gasteiger partial charge in [0.25, 0.3) is 5.76 Å². The minimum atomic E-state index is -2.37. The largest absolute Gasteiger partial charge is 0.381 e. The second kappa shape index (κ2) is 6.48. The summed E-state index contributed by atoms with van der Waals surface area (Å²) in [4.78, 5) is 0.592. The molecule has 21 heavy (non-hydrogen) atoms. The zero-order valence-corrected chi connectivity index (χ0v) is 12.4. The number of thioether (sulfide) groups is 1. The molecule has 110 valence electrons. The number of nitrogens with one attached hydrogen (secondary N) is 1. The van der Waals surface area contributed by atoms with Gasteiger partial charge >= 0.3 is 0 Å². The Hall–Kier alpha value is -1.55. The molecule has 1 N–H and O–H groups in total. The van der Waals surface area contributed by atoms with E-state index in [4.69, 9.17) is 0 Å². The number of alkyl halides is 2. The molecule has 2 aromatic carbocycles. The Morgan fingerprint density at radius 3 is 2.43 bits per heavy atom. The zero-order chi connectivity index (χ0) is 14.7. The first-order chi connectivity index (χ1) is 10.2. The number of rotatable bonds is 6. The molecule has 1 aliphatic carbocycles. The summed E-state index contributed by atoms with van der Waals surface area (Å²) >= 11 is 0.575. The number of anilines is 1. The van der Waals surface area contributed by atoms with Gasteiger partial charge in [-0.1, -0.05) is 36.0 Å². The van der Waals surface area contributed by atoms with Crippen molar-refractivity contribution in [3.05, 3.63) is 59.7 Å². The summed E-state index contributed by atoms with van der Waals surface area (Å²) in [5, 5.41) is 3.37. The minimum absolute atomic E-state index is 0.575. The first kappa shape index (κ1) is 14.4. The van der Waals surface area contributed by atoms with E-state index in [0.717, 1.165) is 18.2 Å². The molecule has 2 aromatic rings. The predicted molar refractivity (Wildman–Crippen MR) is 84.0 cm³/mol. The van der Waals surface area contributed by atoms with E-state index in [-0.39, 0.29) is 0 Å². The van der Waals surface area contributed by atoms with Gasteiger partial charge in [0, 0.05) is 17.1 Å². The highest BCUT2D eigenvalue weighted by Crippen LogP contribution is 2.41. The fourth-order valence-corrected chi connectivity index (χ4v) is 2.94. The van der Waals surface area contributed by atoms with E-state index in [0.29, 0.717) is 16.7 Å². The van der Waals surface area contributed by atoms with Gasteiger partial charge in [0.05, 0.1) is 0 Å². The van der Waals surface area contributed by atoms with E-state index in [1.807, 2.05) is 12.1 Å². The van der Waals surface area contributed by atoms with Crippen LogP contribution in [-0.2, 0) is 6.54 Å². The van der Waals surface area contributed by atoms with E-state index in [1.165, 1.54) is 24.0 Å². The summed E-state index contributed by atoms with van der Waals surface area (Å²) in [5.41, 5.74) is 3.72. The third kappa shape index (κ3) is 3.97. The van der Waals surface area contributed by atoms with Gasteiger partial charge in [-0.3, -0.25) is 0 Å². The summed E-state index contributed by atoms with van der Waals surface area (Å²) in [5.74, 6) is -1.64. The van der Waals surface area contributed by atoms with Gasteiger partial charge < -0.3 is 5.32 Å². The van der Waals surface area contributed by atoms with Gasteiger partial charge in [0.1, 0.15) is 0 Å². The minimum Gasteiger partial charge on any atom is -0.381 e. The third-order valence-corrected chi connectivity index (χ3v) is 4.36. The second-order valence-corrected chi connectivity index (χ2v) is 6.29. The van der Waals surface area contributed by atoms with E-state index < -0.39 is 5.76 Å². The standard InChI is InChI=1S/C17H17F2NS/c18-17(19)21-15-9-7-14(8-10-15)20-11-13-3-1-2-4-16(13)12-5-6-12/h1-4,7-10,12,17,20H,5-6,11H2. The molecule has 0 aliphatic heterocycles. The van der Waals surface area contributed by atoms with Crippen molar-refractivity contribution in [3.63, 3.8) is 0 Å². The number of hydrogen-bond acceptors (Lipinski definition) is 2. The molecule has 0 spiro atoms. The molecule has 0 heterocycles. The normalized spacial score (nSPS) is 14.4. The Morgan fingerprint density at radius 2 is 1.76 bits per heavy atom. The van der Waals surface area contributed by atoms with Crippen molar-refractivity contribution >= 4 is 17.4 Å². The average molecular weight is 305 g/mol. The topological polar surface area (TPSA) is 12.0 Å². The van der Waals surface area contributed by atoms with Crippen LogP contribution in [-0.4, -0.2) is 5.76 Å². The van der Waals surface area contributed by atoms with Crippen molar-refractivity contribution in [3.8, 4) is 0 Å². The highest BCUT2D eigenvalue weighted by Gasteiger charge is 2.25. The SMILES string of the molecule is FC(F)Sc1ccc(NCc2ccccc2C2CC2)cc1. The summed E-state index contributed by atoms with van der Waals surface area (Å²) in [7, 11) is 0. The molecule has 3 rings (SSSR count). The molecular weight excluding hydrogens is 288 g/mol. The van der Waals surface area contributed by atoms with Gasteiger partial charge in [0.2, 0.25) is 0 Å². The summed E-state index contributed by atoms with van der Waals surface area (Å²) < 4.78 is 24.5. The highest BCUT2D eigenvalue weighted by atomic mass is 32.2. The molecule has 1 nitrogen and oxygen atoms in total. The van der Waals surface area contributed by atoms with E-state index in [9.17, 15) is 8.78 Å². The van der Waals surface area contributed by atoms with Crippen LogP contribution in [0.25, 0.3) is 0 Å². The number of halogens is 2. The predicted octanol–water partition coefficient (Wildman–Crippen LogP) is 5.49. The molecule has 4 heteroatoms. The van der Waals surface area contributed by atoms with E-state index >= 15 is 0 Å². The van der Waals surface area contributed by atoms with E-state index in [1.54, 1.807) is 12.1 Å². The van der Waals surface area contributed by atoms with Gasteiger partial charge in [-0.15, -0.1) is 0 Å². The first-order valence-electron chi connectivity index (χ1n) is 7.09. The summed E-state index contributed by atoms with van der Waals surface area (Å²) in [6.07, 6.45) is 2.58. The van der Waals surface area contributed by atoms with Crippen LogP contribution in [0.1, 0.15) is 29.9 Å². The van der Waals surface area contributed by atoms with Gasteiger partial charge in [-0.05, 0) is 54.2 Å². The Balaban J connectivity index is 1.62. The lowest BCUT2D eigenvalue weighted by Crippen LogP contribution is -2.02. The molecule has 1 fully saturated rings. The number of benzene rings is 2. The maximum Gasteiger partial charge on any atom is 0.288 e. The van der Waals surface area contributed by atoms with Crippen molar-refractivity contribution in [2.45, 2.75) is 36.0 Å². The van der Waals surface area contributed by atoms with Gasteiger partial charge in [0.15, 0.2) is 0 Å². The molecule has 0 saturated heterocycles. The quantitative estimate of drug-likeness (QED) is 0.708. The van der Waals surface area contributed by atoms with Crippen molar-refractivity contribution < 1.29 is 8.78 Å². The molecule has 1 saturated carbocycles. The Bertz CT molecular complexity index is 594. The smallest absolute Gasteiger partial charge is 0.288 e. The van der Waals surface area contributed by atoms with Crippen LogP contribution in [0.2, 0.25) is 0 Å².